The van der Waals surface area contributed by atoms with E-state index in [1.54, 1.807) is 0 Å². The molecule has 4 heteroatoms. The number of morpholine rings is 1. The van der Waals surface area contributed by atoms with Crippen molar-refractivity contribution in [2.24, 2.45) is 0 Å². The van der Waals surface area contributed by atoms with Crippen LogP contribution in [0.1, 0.15) is 4.11 Å². The van der Waals surface area contributed by atoms with Gasteiger partial charge in [0.05, 0.1) is 6.61 Å². The molecule has 0 aromatic rings. The highest BCUT2D eigenvalue weighted by atomic mass is 16.5. The number of carbonyl (C=O) groups is 1. The Labute approximate surface area is 64.4 Å². The van der Waals surface area contributed by atoms with Gasteiger partial charge in [-0.3, -0.25) is 9.69 Å². The summed E-state index contributed by atoms with van der Waals surface area (Å²) in [7, 11) is 0. The lowest BCUT2D eigenvalue weighted by Crippen LogP contribution is -2.47. The van der Waals surface area contributed by atoms with Crippen molar-refractivity contribution in [1.82, 2.24) is 10.2 Å². The molecule has 4 nitrogen and oxygen atoms in total. The lowest BCUT2D eigenvalue weighted by Gasteiger charge is -2.29. The van der Waals surface area contributed by atoms with Crippen molar-refractivity contribution in [3.05, 3.63) is 0 Å². The molecule has 0 bridgehead atoms. The van der Waals surface area contributed by atoms with Gasteiger partial charge in [-0.15, -0.1) is 0 Å². The lowest BCUT2D eigenvalue weighted by molar-refractivity contribution is -0.116. The molecule has 0 spiro atoms. The van der Waals surface area contributed by atoms with E-state index in [0.29, 0.717) is 19.6 Å². The highest BCUT2D eigenvalue weighted by molar-refractivity contribution is 5.46. The molecule has 0 aromatic heterocycles. The Balaban J connectivity index is 2.46. The minimum atomic E-state index is -2.10. The molecule has 1 aliphatic heterocycles. The predicted octanol–water partition coefficient (Wildman–Crippen LogP) is -0.979. The van der Waals surface area contributed by atoms with Crippen LogP contribution in [0.5, 0.6) is 0 Å². The third-order valence-corrected chi connectivity index (χ3v) is 1.32. The van der Waals surface area contributed by atoms with Gasteiger partial charge in [0.1, 0.15) is 6.23 Å². The van der Waals surface area contributed by atoms with Crippen LogP contribution in [0.25, 0.3) is 0 Å². The Morgan fingerprint density at radius 3 is 3.60 bits per heavy atom. The molecule has 58 valence electrons. The highest BCUT2D eigenvalue weighted by Crippen LogP contribution is 1.97. The molecule has 1 amide bonds. The molecule has 1 saturated heterocycles. The first-order valence-corrected chi connectivity index (χ1v) is 3.10. The molecule has 0 radical (unpaired) electrons. The number of rotatable bonds is 2. The molecule has 1 rings (SSSR count). The molecule has 1 atom stereocenters. The van der Waals surface area contributed by atoms with E-state index >= 15 is 0 Å². The van der Waals surface area contributed by atoms with Crippen LogP contribution in [-0.4, -0.2) is 44.2 Å². The average molecular weight is 147 g/mol. The van der Waals surface area contributed by atoms with Crippen molar-refractivity contribution >= 4 is 6.41 Å². The number of nitrogens with zero attached hydrogens (tertiary/aromatic N) is 1. The Hall–Kier alpha value is -0.610. The average Bonchev–Trinajstić information content (AvgIpc) is 2.04. The summed E-state index contributed by atoms with van der Waals surface area (Å²) in [5.74, 6) is 0. The highest BCUT2D eigenvalue weighted by Gasteiger charge is 2.15. The van der Waals surface area contributed by atoms with Crippen LogP contribution in [0.2, 0.25) is 0 Å². The number of likely N-dealkylation sites (N-methyl/N-ethyl adjacent to an activating group) is 1. The van der Waals surface area contributed by atoms with Crippen molar-refractivity contribution in [3.8, 4) is 0 Å². The largest absolute Gasteiger partial charge is 0.356 e. The minimum Gasteiger partial charge on any atom is -0.356 e. The smallest absolute Gasteiger partial charge is 0.209 e. The van der Waals surface area contributed by atoms with E-state index in [2.05, 4.69) is 5.32 Å². The van der Waals surface area contributed by atoms with Gasteiger partial charge in [-0.2, -0.15) is 0 Å². The number of nitrogens with one attached hydrogen (secondary N) is 1. The molecule has 1 heterocycles. The quantitative estimate of drug-likeness (QED) is 0.510. The maximum absolute atomic E-state index is 10.1. The van der Waals surface area contributed by atoms with Crippen LogP contribution < -0.4 is 5.32 Å². The molecular formula is C6H12N2O2. The number of hydrogen-bond donors (Lipinski definition) is 1. The van der Waals surface area contributed by atoms with Crippen LogP contribution in [-0.2, 0) is 9.53 Å². The summed E-state index contributed by atoms with van der Waals surface area (Å²) in [6.45, 7) is -1.21. The third kappa shape index (κ3) is 1.97. The van der Waals surface area contributed by atoms with Gasteiger partial charge >= 0.3 is 0 Å². The van der Waals surface area contributed by atoms with E-state index in [1.807, 2.05) is 0 Å². The van der Waals surface area contributed by atoms with E-state index in [1.165, 1.54) is 4.90 Å². The van der Waals surface area contributed by atoms with Crippen molar-refractivity contribution < 1.29 is 13.6 Å². The van der Waals surface area contributed by atoms with E-state index in [9.17, 15) is 4.79 Å². The summed E-state index contributed by atoms with van der Waals surface area (Å²) < 4.78 is 26.5. The second-order valence-electron chi connectivity index (χ2n) is 2.09. The van der Waals surface area contributed by atoms with Crippen molar-refractivity contribution in [1.29, 1.82) is 0 Å². The van der Waals surface area contributed by atoms with Crippen LogP contribution in [0.4, 0.5) is 0 Å². The first-order valence-electron chi connectivity index (χ1n) is 4.60. The monoisotopic (exact) mass is 147 g/mol. The molecule has 10 heavy (non-hydrogen) atoms. The molecule has 0 aliphatic carbocycles. The normalized spacial score (nSPS) is 33.6. The molecule has 0 aromatic carbocycles. The molecule has 1 N–H and O–H groups in total. The Morgan fingerprint density at radius 2 is 2.90 bits per heavy atom. The van der Waals surface area contributed by atoms with Crippen LogP contribution in [0.15, 0.2) is 0 Å². The zero-order chi connectivity index (χ0) is 9.90. The predicted molar refractivity (Wildman–Crippen MR) is 36.4 cm³/mol. The summed E-state index contributed by atoms with van der Waals surface area (Å²) >= 11 is 0. The fourth-order valence-electron chi connectivity index (χ4n) is 0.826. The fourth-order valence-corrected chi connectivity index (χ4v) is 0.826. The van der Waals surface area contributed by atoms with E-state index < -0.39 is 13.2 Å². The molecular weight excluding hydrogens is 132 g/mol. The topological polar surface area (TPSA) is 41.6 Å². The van der Waals surface area contributed by atoms with Gasteiger partial charge in [0.15, 0.2) is 0 Å². The summed E-state index contributed by atoms with van der Waals surface area (Å²) in [4.78, 5) is 11.4. The van der Waals surface area contributed by atoms with Gasteiger partial charge in [-0.25, -0.2) is 0 Å². The molecule has 1 aliphatic rings. The molecule has 0 saturated carbocycles. The number of carbonyl (C=O) groups excluding carboxylic acids is 1. The summed E-state index contributed by atoms with van der Waals surface area (Å²) in [5.41, 5.74) is 0. The second kappa shape index (κ2) is 3.53. The minimum absolute atomic E-state index is 0.204. The van der Waals surface area contributed by atoms with Crippen molar-refractivity contribution in [3.63, 3.8) is 0 Å². The van der Waals surface area contributed by atoms with Crippen LogP contribution >= 0.6 is 0 Å². The van der Waals surface area contributed by atoms with E-state index in [0.717, 1.165) is 0 Å². The van der Waals surface area contributed by atoms with Crippen LogP contribution in [0, 0.1) is 0 Å². The van der Waals surface area contributed by atoms with Crippen molar-refractivity contribution in [2.75, 3.05) is 26.7 Å². The standard InChI is InChI=1S/C6H12N2O2/c1-8-2-3-10-6(4-8)7-5-9/h5-6H,2-4H2,1H3,(H,7,9)/t6-/m0/s1/i1D3. The van der Waals surface area contributed by atoms with Gasteiger partial charge in [0.2, 0.25) is 6.41 Å². The van der Waals surface area contributed by atoms with Crippen LogP contribution in [0.3, 0.4) is 0 Å². The first-order chi connectivity index (χ1) is 6.04. The number of hydrogen-bond acceptors (Lipinski definition) is 3. The van der Waals surface area contributed by atoms with Gasteiger partial charge in [0.25, 0.3) is 0 Å². The van der Waals surface area contributed by atoms with Gasteiger partial charge in [0, 0.05) is 17.2 Å². The SMILES string of the molecule is [2H]C([2H])([2H])N1CCO[C@H](NC=O)C1. The zero-order valence-electron chi connectivity index (χ0n) is 8.54. The summed E-state index contributed by atoms with van der Waals surface area (Å²) in [5, 5.41) is 2.39. The second-order valence-corrected chi connectivity index (χ2v) is 2.09. The van der Waals surface area contributed by atoms with E-state index in [-0.39, 0.29) is 6.54 Å². The number of amides is 1. The van der Waals surface area contributed by atoms with Crippen molar-refractivity contribution in [2.45, 2.75) is 6.23 Å². The Bertz CT molecular complexity index is 185. The lowest BCUT2D eigenvalue weighted by atomic mass is 10.4. The Kier molecular flexibility index (Phi) is 1.52. The van der Waals surface area contributed by atoms with Gasteiger partial charge in [-0.1, -0.05) is 0 Å². The summed E-state index contributed by atoms with van der Waals surface area (Å²) in [6, 6.07) is 0. The number of ether oxygens (including phenoxy) is 1. The zero-order valence-corrected chi connectivity index (χ0v) is 5.54. The molecule has 1 fully saturated rings. The van der Waals surface area contributed by atoms with E-state index in [4.69, 9.17) is 8.85 Å². The van der Waals surface area contributed by atoms with Gasteiger partial charge in [-0.05, 0) is 6.98 Å². The third-order valence-electron chi connectivity index (χ3n) is 1.32. The molecule has 0 unspecified atom stereocenters. The Morgan fingerprint density at radius 1 is 2.00 bits per heavy atom. The fraction of sp³-hybridized carbons (Fsp3) is 0.833. The summed E-state index contributed by atoms with van der Waals surface area (Å²) in [6.07, 6.45) is -0.0000855. The van der Waals surface area contributed by atoms with Gasteiger partial charge < -0.3 is 10.1 Å². The maximum Gasteiger partial charge on any atom is 0.209 e. The maximum atomic E-state index is 10.1. The first kappa shape index (κ1) is 4.31.